The molecule has 2 aromatic rings. The lowest BCUT2D eigenvalue weighted by atomic mass is 9.78. The summed E-state index contributed by atoms with van der Waals surface area (Å²) in [6.07, 6.45) is 4.63. The van der Waals surface area contributed by atoms with Crippen molar-refractivity contribution in [3.63, 3.8) is 0 Å². The summed E-state index contributed by atoms with van der Waals surface area (Å²) in [5.74, 6) is 1.33. The Morgan fingerprint density at radius 2 is 2.00 bits per heavy atom. The van der Waals surface area contributed by atoms with Gasteiger partial charge in [-0.05, 0) is 30.2 Å². The Kier molecular flexibility index (Phi) is 8.28. The van der Waals surface area contributed by atoms with Crippen molar-refractivity contribution in [2.75, 3.05) is 20.2 Å². The largest absolute Gasteiger partial charge is 0.377 e. The first-order chi connectivity index (χ1) is 14.5. The quantitative estimate of drug-likeness (QED) is 0.506. The van der Waals surface area contributed by atoms with E-state index < -0.39 is 0 Å². The van der Waals surface area contributed by atoms with Crippen LogP contribution < -0.4 is 10.6 Å². The second-order valence-electron chi connectivity index (χ2n) is 9.08. The lowest BCUT2D eigenvalue weighted by Gasteiger charge is -2.40. The third-order valence-electron chi connectivity index (χ3n) is 5.56. The zero-order valence-corrected chi connectivity index (χ0v) is 19.6. The van der Waals surface area contributed by atoms with E-state index in [0.29, 0.717) is 12.5 Å². The number of hydrogen-bond donors (Lipinski definition) is 2. The lowest BCUT2D eigenvalue weighted by molar-refractivity contribution is -0.0835. The summed E-state index contributed by atoms with van der Waals surface area (Å²) in [4.78, 5) is 9.17. The van der Waals surface area contributed by atoms with Gasteiger partial charge in [-0.1, -0.05) is 51.1 Å². The zero-order chi connectivity index (χ0) is 21.4. The van der Waals surface area contributed by atoms with Gasteiger partial charge in [-0.25, -0.2) is 4.98 Å². The molecule has 2 atom stereocenters. The van der Waals surface area contributed by atoms with E-state index in [4.69, 9.17) is 9.72 Å². The maximum absolute atomic E-state index is 6.10. The van der Waals surface area contributed by atoms with E-state index in [9.17, 15) is 0 Å². The smallest absolute Gasteiger partial charge is 0.191 e. The van der Waals surface area contributed by atoms with Crippen LogP contribution in [0.25, 0.3) is 0 Å². The summed E-state index contributed by atoms with van der Waals surface area (Å²) >= 11 is 1.74. The molecule has 1 saturated heterocycles. The van der Waals surface area contributed by atoms with Gasteiger partial charge >= 0.3 is 0 Å². The van der Waals surface area contributed by atoms with Crippen LogP contribution in [-0.4, -0.2) is 37.2 Å². The molecule has 2 unspecified atom stereocenters. The first-order valence-electron chi connectivity index (χ1n) is 11.0. The van der Waals surface area contributed by atoms with E-state index in [1.165, 1.54) is 17.0 Å². The first-order valence-corrected chi connectivity index (χ1v) is 11.9. The minimum Gasteiger partial charge on any atom is -0.377 e. The van der Waals surface area contributed by atoms with Gasteiger partial charge in [0.1, 0.15) is 0 Å². The number of guanidine groups is 1. The van der Waals surface area contributed by atoms with Crippen LogP contribution in [0.3, 0.4) is 0 Å². The highest BCUT2D eigenvalue weighted by molar-refractivity contribution is 7.09. The number of ether oxygens (including phenoxy) is 1. The fourth-order valence-electron chi connectivity index (χ4n) is 4.07. The molecule has 0 saturated carbocycles. The van der Waals surface area contributed by atoms with Crippen LogP contribution in [-0.2, 0) is 24.1 Å². The summed E-state index contributed by atoms with van der Waals surface area (Å²) in [5, 5.41) is 10.2. The van der Waals surface area contributed by atoms with Gasteiger partial charge in [-0.15, -0.1) is 11.3 Å². The van der Waals surface area contributed by atoms with Crippen molar-refractivity contribution >= 4 is 17.3 Å². The topological polar surface area (TPSA) is 58.5 Å². The standard InChI is InChI=1S/C24H36N4OS/c1-24(2,3)22-19(11-8-14-29-22)15-26-23(25-4)27-16-20-17-30-21(28-20)13-12-18-9-6-5-7-10-18/h5-7,9-10,17,19,22H,8,11-16H2,1-4H3,(H2,25,26,27). The van der Waals surface area contributed by atoms with Gasteiger partial charge in [-0.3, -0.25) is 4.99 Å². The predicted octanol–water partition coefficient (Wildman–Crippen LogP) is 4.43. The molecule has 2 heterocycles. The van der Waals surface area contributed by atoms with Gasteiger partial charge in [0.05, 0.1) is 23.4 Å². The number of aliphatic imine (C=N–C) groups is 1. The number of benzene rings is 1. The van der Waals surface area contributed by atoms with Crippen LogP contribution in [0.4, 0.5) is 0 Å². The van der Waals surface area contributed by atoms with Crippen LogP contribution in [0.1, 0.15) is 49.9 Å². The fraction of sp³-hybridized carbons (Fsp3) is 0.583. The summed E-state index contributed by atoms with van der Waals surface area (Å²) in [6, 6.07) is 10.6. The van der Waals surface area contributed by atoms with Crippen LogP contribution in [0.5, 0.6) is 0 Å². The first kappa shape index (κ1) is 22.8. The minimum absolute atomic E-state index is 0.153. The predicted molar refractivity (Wildman–Crippen MR) is 126 cm³/mol. The van der Waals surface area contributed by atoms with E-state index in [-0.39, 0.29) is 11.5 Å². The van der Waals surface area contributed by atoms with E-state index in [0.717, 1.165) is 44.1 Å². The van der Waals surface area contributed by atoms with Crippen molar-refractivity contribution in [3.05, 3.63) is 52.0 Å². The molecule has 0 bridgehead atoms. The minimum atomic E-state index is 0.153. The molecule has 0 aliphatic carbocycles. The number of rotatable bonds is 7. The van der Waals surface area contributed by atoms with Crippen molar-refractivity contribution in [1.82, 2.24) is 15.6 Å². The van der Waals surface area contributed by atoms with Crippen LogP contribution in [0.15, 0.2) is 40.7 Å². The second kappa shape index (κ2) is 10.9. The molecule has 3 rings (SSSR count). The van der Waals surface area contributed by atoms with Gasteiger partial charge in [0.2, 0.25) is 0 Å². The Labute approximate surface area is 185 Å². The maximum atomic E-state index is 6.10. The molecule has 5 nitrogen and oxygen atoms in total. The van der Waals surface area contributed by atoms with Gasteiger partial charge in [0.15, 0.2) is 5.96 Å². The highest BCUT2D eigenvalue weighted by Crippen LogP contribution is 2.33. The lowest BCUT2D eigenvalue weighted by Crippen LogP contribution is -2.47. The van der Waals surface area contributed by atoms with Crippen LogP contribution >= 0.6 is 11.3 Å². The third kappa shape index (κ3) is 6.81. The molecule has 0 amide bonds. The molecule has 1 fully saturated rings. The number of nitrogens with one attached hydrogen (secondary N) is 2. The van der Waals surface area contributed by atoms with Crippen molar-refractivity contribution in [1.29, 1.82) is 0 Å². The van der Waals surface area contributed by atoms with E-state index in [1.54, 1.807) is 11.3 Å². The normalized spacial score (nSPS) is 20.2. The molecule has 1 aromatic carbocycles. The van der Waals surface area contributed by atoms with Crippen LogP contribution in [0.2, 0.25) is 0 Å². The second-order valence-corrected chi connectivity index (χ2v) is 10.0. The van der Waals surface area contributed by atoms with Crippen molar-refractivity contribution < 1.29 is 4.74 Å². The fourth-order valence-corrected chi connectivity index (χ4v) is 4.87. The van der Waals surface area contributed by atoms with Crippen molar-refractivity contribution in [2.45, 2.75) is 59.1 Å². The van der Waals surface area contributed by atoms with Crippen molar-refractivity contribution in [2.24, 2.45) is 16.3 Å². The highest BCUT2D eigenvalue weighted by Gasteiger charge is 2.35. The summed E-state index contributed by atoms with van der Waals surface area (Å²) < 4.78 is 6.10. The van der Waals surface area contributed by atoms with Crippen molar-refractivity contribution in [3.8, 4) is 0 Å². The van der Waals surface area contributed by atoms with E-state index in [2.05, 4.69) is 72.1 Å². The summed E-state index contributed by atoms with van der Waals surface area (Å²) in [6.45, 7) is 9.23. The number of hydrogen-bond acceptors (Lipinski definition) is 4. The Bertz CT molecular complexity index is 797. The number of nitrogens with zero attached hydrogens (tertiary/aromatic N) is 2. The SMILES string of the molecule is CN=C(NCc1csc(CCc2ccccc2)n1)NCC1CCCOC1C(C)(C)C. The summed E-state index contributed by atoms with van der Waals surface area (Å²) in [5.41, 5.74) is 2.58. The molecule has 6 heteroatoms. The zero-order valence-electron chi connectivity index (χ0n) is 18.8. The monoisotopic (exact) mass is 428 g/mol. The van der Waals surface area contributed by atoms with Gasteiger partial charge in [0.25, 0.3) is 0 Å². The molecule has 0 radical (unpaired) electrons. The Hall–Kier alpha value is -1.92. The van der Waals surface area contributed by atoms with Crippen LogP contribution in [0, 0.1) is 11.3 Å². The number of thiazole rings is 1. The highest BCUT2D eigenvalue weighted by atomic mass is 32.1. The summed E-state index contributed by atoms with van der Waals surface area (Å²) in [7, 11) is 1.82. The van der Waals surface area contributed by atoms with E-state index >= 15 is 0 Å². The number of aryl methyl sites for hydroxylation is 2. The van der Waals surface area contributed by atoms with Gasteiger partial charge in [0, 0.05) is 37.9 Å². The average Bonchev–Trinajstić information content (AvgIpc) is 3.20. The Morgan fingerprint density at radius 3 is 2.73 bits per heavy atom. The molecular weight excluding hydrogens is 392 g/mol. The number of aromatic nitrogens is 1. The van der Waals surface area contributed by atoms with Gasteiger partial charge < -0.3 is 15.4 Å². The molecule has 164 valence electrons. The maximum Gasteiger partial charge on any atom is 0.191 e. The molecule has 30 heavy (non-hydrogen) atoms. The van der Waals surface area contributed by atoms with E-state index in [1.807, 2.05) is 7.05 Å². The van der Waals surface area contributed by atoms with Gasteiger partial charge in [-0.2, -0.15) is 0 Å². The third-order valence-corrected chi connectivity index (χ3v) is 6.52. The molecule has 1 aromatic heterocycles. The Balaban J connectivity index is 1.44. The molecular formula is C24H36N4OS. The molecule has 0 spiro atoms. The average molecular weight is 429 g/mol. The Morgan fingerprint density at radius 1 is 1.20 bits per heavy atom. The molecule has 1 aliphatic rings. The molecule has 2 N–H and O–H groups in total. The molecule has 1 aliphatic heterocycles.